The average Bonchev–Trinajstić information content (AvgIpc) is 2.61. The second kappa shape index (κ2) is 14.1. The third-order valence-electron chi connectivity index (χ3n) is 3.50. The van der Waals surface area contributed by atoms with Crippen LogP contribution in [0.25, 0.3) is 0 Å². The molecule has 0 aliphatic heterocycles. The number of methoxy groups -OCH3 is 1. The predicted octanol–water partition coefficient (Wildman–Crippen LogP) is -2.86. The summed E-state index contributed by atoms with van der Waals surface area (Å²) in [6.07, 6.45) is 4.64. The van der Waals surface area contributed by atoms with Gasteiger partial charge < -0.3 is 44.9 Å². The molecule has 1 heterocycles. The lowest BCUT2D eigenvalue weighted by Crippen LogP contribution is -3.00. The number of hydrogen-bond acceptors (Lipinski definition) is 5. The molecule has 0 amide bonds. The van der Waals surface area contributed by atoms with Gasteiger partial charge in [0.1, 0.15) is 6.61 Å². The van der Waals surface area contributed by atoms with E-state index in [1.54, 1.807) is 19.5 Å². The number of hydrogen-bond donors (Lipinski definition) is 2. The van der Waals surface area contributed by atoms with Crippen LogP contribution in [-0.4, -0.2) is 32.2 Å². The Labute approximate surface area is 176 Å². The van der Waals surface area contributed by atoms with Crippen molar-refractivity contribution in [2.75, 3.05) is 27.2 Å². The average molecular weight is 465 g/mol. The zero-order valence-electron chi connectivity index (χ0n) is 14.9. The minimum Gasteiger partial charge on any atom is -1.00 e. The second-order valence-corrected chi connectivity index (χ2v) is 6.25. The van der Waals surface area contributed by atoms with Crippen LogP contribution in [0.15, 0.2) is 41.1 Å². The van der Waals surface area contributed by atoms with Crippen LogP contribution in [0.4, 0.5) is 0 Å². The van der Waals surface area contributed by atoms with E-state index in [4.69, 9.17) is 9.47 Å². The summed E-state index contributed by atoms with van der Waals surface area (Å²) in [6.45, 7) is 3.23. The Morgan fingerprint density at radius 3 is 2.62 bits per heavy atom. The lowest BCUT2D eigenvalue weighted by Gasteiger charge is -2.15. The molecule has 0 bridgehead atoms. The summed E-state index contributed by atoms with van der Waals surface area (Å²) >= 11 is 3.59. The lowest BCUT2D eigenvalue weighted by molar-refractivity contribution is -0.00100. The van der Waals surface area contributed by atoms with Crippen molar-refractivity contribution in [2.45, 2.75) is 19.6 Å². The van der Waals surface area contributed by atoms with E-state index in [9.17, 15) is 0 Å². The number of aromatic nitrogens is 1. The van der Waals surface area contributed by atoms with Gasteiger partial charge in [0, 0.05) is 24.5 Å². The Morgan fingerprint density at radius 1 is 1.15 bits per heavy atom. The highest BCUT2D eigenvalue weighted by atomic mass is 79.9. The highest BCUT2D eigenvalue weighted by Crippen LogP contribution is 2.37. The van der Waals surface area contributed by atoms with Crippen molar-refractivity contribution in [2.24, 2.45) is 0 Å². The number of nitrogens with one attached hydrogen (secondary N) is 2. The van der Waals surface area contributed by atoms with Gasteiger partial charge in [-0.2, -0.15) is 0 Å². The first-order valence-electron chi connectivity index (χ1n) is 7.98. The summed E-state index contributed by atoms with van der Waals surface area (Å²) in [6, 6.07) is 7.95. The van der Waals surface area contributed by atoms with Gasteiger partial charge in [0.2, 0.25) is 0 Å². The molecule has 2 N–H and O–H groups in total. The number of rotatable bonds is 10. The van der Waals surface area contributed by atoms with E-state index >= 15 is 0 Å². The minimum atomic E-state index is 0. The Balaban J connectivity index is 0.00000312. The van der Waals surface area contributed by atoms with Crippen LogP contribution in [0.2, 0.25) is 0 Å². The fourth-order valence-corrected chi connectivity index (χ4v) is 2.88. The molecule has 0 saturated heterocycles. The van der Waals surface area contributed by atoms with Gasteiger partial charge in [0.25, 0.3) is 0 Å². The summed E-state index contributed by atoms with van der Waals surface area (Å²) in [4.78, 5) is 4.10. The van der Waals surface area contributed by atoms with E-state index in [1.165, 1.54) is 0 Å². The Morgan fingerprint density at radius 2 is 1.96 bits per heavy atom. The van der Waals surface area contributed by atoms with Crippen LogP contribution < -0.4 is 44.9 Å². The van der Waals surface area contributed by atoms with Crippen LogP contribution in [-0.2, 0) is 13.2 Å². The van der Waals surface area contributed by atoms with Crippen molar-refractivity contribution in [3.8, 4) is 11.5 Å². The first kappa shape index (κ1) is 24.9. The molecular formula is C18H24BrCl2N3O2-2. The zero-order valence-corrected chi connectivity index (χ0v) is 18.0. The number of nitrogens with zero attached hydrogens (tertiary/aromatic N) is 1. The van der Waals surface area contributed by atoms with E-state index in [-0.39, 0.29) is 24.8 Å². The van der Waals surface area contributed by atoms with Gasteiger partial charge in [-0.15, -0.1) is 0 Å². The molecule has 8 heteroatoms. The zero-order chi connectivity index (χ0) is 17.2. The van der Waals surface area contributed by atoms with Gasteiger partial charge in [-0.3, -0.25) is 4.98 Å². The standard InChI is InChI=1S/C18H24BrN3O2.2ClH/c1-20-6-4-8-22-12-15-9-16(19)18(17(10-15)23-2)24-13-14-5-3-7-21-11-14;;/h3,5,7,9-11,20,22H,4,6,8,12-13H2,1-2H3;2*1H/p-2. The number of benzene rings is 1. The van der Waals surface area contributed by atoms with Gasteiger partial charge in [-0.1, -0.05) is 6.07 Å². The predicted molar refractivity (Wildman–Crippen MR) is 99.5 cm³/mol. The van der Waals surface area contributed by atoms with E-state index in [2.05, 4.69) is 37.6 Å². The number of ether oxygens (including phenoxy) is 2. The highest BCUT2D eigenvalue weighted by Gasteiger charge is 2.12. The fourth-order valence-electron chi connectivity index (χ4n) is 2.28. The molecule has 0 fully saturated rings. The van der Waals surface area contributed by atoms with E-state index in [0.717, 1.165) is 47.4 Å². The van der Waals surface area contributed by atoms with Gasteiger partial charge in [-0.25, -0.2) is 0 Å². The molecule has 146 valence electrons. The molecule has 0 spiro atoms. The SMILES string of the molecule is CNCCCNCc1cc(Br)c(OCc2cccnc2)c(OC)c1.[Cl-].[Cl-]. The van der Waals surface area contributed by atoms with Gasteiger partial charge in [-0.05, 0) is 66.3 Å². The molecule has 1 aromatic carbocycles. The van der Waals surface area contributed by atoms with Gasteiger partial charge in [0.05, 0.1) is 11.6 Å². The Kier molecular flexibility index (Phi) is 13.5. The third-order valence-corrected chi connectivity index (χ3v) is 4.09. The summed E-state index contributed by atoms with van der Waals surface area (Å²) < 4.78 is 12.3. The molecule has 0 saturated carbocycles. The summed E-state index contributed by atoms with van der Waals surface area (Å²) in [7, 11) is 3.62. The van der Waals surface area contributed by atoms with Crippen molar-refractivity contribution in [1.29, 1.82) is 0 Å². The highest BCUT2D eigenvalue weighted by molar-refractivity contribution is 9.10. The van der Waals surface area contributed by atoms with E-state index < -0.39 is 0 Å². The van der Waals surface area contributed by atoms with Gasteiger partial charge in [0.15, 0.2) is 11.5 Å². The van der Waals surface area contributed by atoms with Crippen LogP contribution in [0.5, 0.6) is 11.5 Å². The van der Waals surface area contributed by atoms with Crippen LogP contribution >= 0.6 is 15.9 Å². The second-order valence-electron chi connectivity index (χ2n) is 5.39. The van der Waals surface area contributed by atoms with Crippen molar-refractivity contribution in [1.82, 2.24) is 15.6 Å². The summed E-state index contributed by atoms with van der Waals surface area (Å²) in [5.74, 6) is 1.43. The maximum atomic E-state index is 5.92. The van der Waals surface area contributed by atoms with Crippen molar-refractivity contribution in [3.05, 3.63) is 52.3 Å². The molecule has 5 nitrogen and oxygen atoms in total. The molecule has 2 rings (SSSR count). The maximum absolute atomic E-state index is 5.92. The quantitative estimate of drug-likeness (QED) is 0.370. The first-order valence-corrected chi connectivity index (χ1v) is 8.77. The first-order chi connectivity index (χ1) is 11.7. The molecule has 0 aliphatic carbocycles. The van der Waals surface area contributed by atoms with E-state index in [0.29, 0.717) is 12.4 Å². The van der Waals surface area contributed by atoms with Crippen LogP contribution in [0.3, 0.4) is 0 Å². The topological polar surface area (TPSA) is 55.4 Å². The summed E-state index contributed by atoms with van der Waals surface area (Å²) in [5, 5.41) is 6.57. The molecule has 0 unspecified atom stereocenters. The molecule has 26 heavy (non-hydrogen) atoms. The lowest BCUT2D eigenvalue weighted by atomic mass is 10.2. The third kappa shape index (κ3) is 8.10. The van der Waals surface area contributed by atoms with Crippen LogP contribution in [0.1, 0.15) is 17.5 Å². The Hall–Kier alpha value is -1.05. The molecule has 2 aromatic rings. The maximum Gasteiger partial charge on any atom is 0.175 e. The number of halogens is 3. The summed E-state index contributed by atoms with van der Waals surface area (Å²) in [5.41, 5.74) is 2.17. The fraction of sp³-hybridized carbons (Fsp3) is 0.389. The van der Waals surface area contributed by atoms with Crippen molar-refractivity contribution in [3.63, 3.8) is 0 Å². The van der Waals surface area contributed by atoms with Crippen molar-refractivity contribution >= 4 is 15.9 Å². The van der Waals surface area contributed by atoms with Gasteiger partial charge >= 0.3 is 0 Å². The molecule has 1 aromatic heterocycles. The van der Waals surface area contributed by atoms with E-state index in [1.807, 2.05) is 25.2 Å². The van der Waals surface area contributed by atoms with Crippen LogP contribution in [0, 0.1) is 0 Å². The number of pyridine rings is 1. The smallest absolute Gasteiger partial charge is 0.175 e. The largest absolute Gasteiger partial charge is 1.00 e. The minimum absolute atomic E-state index is 0. The molecule has 0 atom stereocenters. The molecule has 0 aliphatic rings. The normalized spacial score (nSPS) is 9.81. The molecular weight excluding hydrogens is 441 g/mol. The van der Waals surface area contributed by atoms with Crippen molar-refractivity contribution < 1.29 is 34.3 Å². The molecule has 0 radical (unpaired) electrons. The monoisotopic (exact) mass is 463 g/mol. The Bertz CT molecular complexity index is 633.